The minimum Gasteiger partial charge on any atom is -0.309 e. The highest BCUT2D eigenvalue weighted by molar-refractivity contribution is 6.31. The SMILES string of the molecule is N#Cc1ccc(CNCc2ccc(Cl)cc2)c(Cl)c1. The van der Waals surface area contributed by atoms with E-state index in [1.807, 2.05) is 30.3 Å². The molecule has 0 aliphatic heterocycles. The second-order valence-corrected chi connectivity index (χ2v) is 4.99. The highest BCUT2D eigenvalue weighted by atomic mass is 35.5. The third-order valence-electron chi connectivity index (χ3n) is 2.74. The van der Waals surface area contributed by atoms with Crippen molar-refractivity contribution in [1.82, 2.24) is 5.32 Å². The minimum atomic E-state index is 0.575. The summed E-state index contributed by atoms with van der Waals surface area (Å²) < 4.78 is 0. The van der Waals surface area contributed by atoms with E-state index in [-0.39, 0.29) is 0 Å². The number of nitrogens with zero attached hydrogens (tertiary/aromatic N) is 1. The molecular weight excluding hydrogens is 279 g/mol. The molecule has 0 aliphatic carbocycles. The summed E-state index contributed by atoms with van der Waals surface area (Å²) in [5.74, 6) is 0. The van der Waals surface area contributed by atoms with Crippen LogP contribution in [-0.2, 0) is 13.1 Å². The molecular formula is C15H12Cl2N2. The Morgan fingerprint density at radius 2 is 1.74 bits per heavy atom. The first-order valence-electron chi connectivity index (χ1n) is 5.83. The van der Waals surface area contributed by atoms with Gasteiger partial charge in [-0.25, -0.2) is 0 Å². The van der Waals surface area contributed by atoms with Crippen LogP contribution in [0.3, 0.4) is 0 Å². The Bertz CT molecular complexity index is 601. The van der Waals surface area contributed by atoms with Crippen LogP contribution in [0.15, 0.2) is 42.5 Å². The number of halogens is 2. The van der Waals surface area contributed by atoms with Crippen molar-refractivity contribution in [3.63, 3.8) is 0 Å². The van der Waals surface area contributed by atoms with E-state index in [1.165, 1.54) is 0 Å². The fourth-order valence-corrected chi connectivity index (χ4v) is 2.08. The van der Waals surface area contributed by atoms with Crippen LogP contribution in [0.25, 0.3) is 0 Å². The van der Waals surface area contributed by atoms with Crippen molar-refractivity contribution in [3.8, 4) is 6.07 Å². The molecule has 2 aromatic rings. The summed E-state index contributed by atoms with van der Waals surface area (Å²) in [7, 11) is 0. The van der Waals surface area contributed by atoms with Gasteiger partial charge in [0.2, 0.25) is 0 Å². The van der Waals surface area contributed by atoms with Crippen molar-refractivity contribution in [2.45, 2.75) is 13.1 Å². The molecule has 0 radical (unpaired) electrons. The van der Waals surface area contributed by atoms with Crippen molar-refractivity contribution in [3.05, 3.63) is 69.2 Å². The predicted octanol–water partition coefficient (Wildman–Crippen LogP) is 4.15. The fraction of sp³-hybridized carbons (Fsp3) is 0.133. The number of nitriles is 1. The average Bonchev–Trinajstić information content (AvgIpc) is 2.42. The largest absolute Gasteiger partial charge is 0.309 e. The van der Waals surface area contributed by atoms with Gasteiger partial charge < -0.3 is 5.32 Å². The lowest BCUT2D eigenvalue weighted by Gasteiger charge is -2.07. The number of hydrogen-bond acceptors (Lipinski definition) is 2. The van der Waals surface area contributed by atoms with Crippen LogP contribution in [0, 0.1) is 11.3 Å². The Morgan fingerprint density at radius 3 is 2.37 bits per heavy atom. The van der Waals surface area contributed by atoms with Gasteiger partial charge in [-0.1, -0.05) is 41.4 Å². The van der Waals surface area contributed by atoms with Crippen LogP contribution in [0.1, 0.15) is 16.7 Å². The van der Waals surface area contributed by atoms with Gasteiger partial charge in [-0.15, -0.1) is 0 Å². The van der Waals surface area contributed by atoms with Crippen LogP contribution in [0.5, 0.6) is 0 Å². The Kier molecular flexibility index (Phi) is 4.81. The van der Waals surface area contributed by atoms with Gasteiger partial charge in [-0.05, 0) is 35.4 Å². The zero-order chi connectivity index (χ0) is 13.7. The quantitative estimate of drug-likeness (QED) is 0.918. The molecule has 0 unspecified atom stereocenters. The molecule has 0 amide bonds. The molecule has 0 atom stereocenters. The number of rotatable bonds is 4. The summed E-state index contributed by atoms with van der Waals surface area (Å²) in [6.45, 7) is 1.40. The van der Waals surface area contributed by atoms with Gasteiger partial charge in [-0.3, -0.25) is 0 Å². The van der Waals surface area contributed by atoms with E-state index in [2.05, 4.69) is 11.4 Å². The van der Waals surface area contributed by atoms with E-state index in [4.69, 9.17) is 28.5 Å². The van der Waals surface area contributed by atoms with E-state index in [0.29, 0.717) is 17.1 Å². The van der Waals surface area contributed by atoms with Crippen LogP contribution < -0.4 is 5.32 Å². The van der Waals surface area contributed by atoms with Gasteiger partial charge >= 0.3 is 0 Å². The second kappa shape index (κ2) is 6.58. The molecule has 0 saturated carbocycles. The summed E-state index contributed by atoms with van der Waals surface area (Å²) in [6.07, 6.45) is 0. The van der Waals surface area contributed by atoms with Crippen molar-refractivity contribution >= 4 is 23.2 Å². The molecule has 0 spiro atoms. The highest BCUT2D eigenvalue weighted by Crippen LogP contribution is 2.17. The zero-order valence-electron chi connectivity index (χ0n) is 10.2. The maximum absolute atomic E-state index is 8.77. The Hall–Kier alpha value is -1.53. The molecule has 0 saturated heterocycles. The van der Waals surface area contributed by atoms with E-state index in [9.17, 15) is 0 Å². The van der Waals surface area contributed by atoms with Crippen LogP contribution >= 0.6 is 23.2 Å². The number of benzene rings is 2. The number of hydrogen-bond donors (Lipinski definition) is 1. The van der Waals surface area contributed by atoms with Gasteiger partial charge in [0.05, 0.1) is 11.6 Å². The first kappa shape index (κ1) is 13.9. The molecule has 0 heterocycles. The molecule has 0 aromatic heterocycles. The lowest BCUT2D eigenvalue weighted by Crippen LogP contribution is -2.12. The molecule has 0 aliphatic rings. The van der Waals surface area contributed by atoms with E-state index in [0.717, 1.165) is 22.7 Å². The average molecular weight is 291 g/mol. The monoisotopic (exact) mass is 290 g/mol. The minimum absolute atomic E-state index is 0.575. The Morgan fingerprint density at radius 1 is 1.00 bits per heavy atom. The first-order chi connectivity index (χ1) is 9.19. The van der Waals surface area contributed by atoms with Crippen LogP contribution in [0.2, 0.25) is 10.0 Å². The van der Waals surface area contributed by atoms with E-state index in [1.54, 1.807) is 12.1 Å². The molecule has 0 bridgehead atoms. The molecule has 96 valence electrons. The highest BCUT2D eigenvalue weighted by Gasteiger charge is 2.01. The van der Waals surface area contributed by atoms with E-state index < -0.39 is 0 Å². The van der Waals surface area contributed by atoms with Gasteiger partial charge in [-0.2, -0.15) is 5.26 Å². The maximum Gasteiger partial charge on any atom is 0.0992 e. The molecule has 1 N–H and O–H groups in total. The molecule has 2 rings (SSSR count). The second-order valence-electron chi connectivity index (χ2n) is 4.15. The number of nitrogens with one attached hydrogen (secondary N) is 1. The van der Waals surface area contributed by atoms with Crippen molar-refractivity contribution in [2.24, 2.45) is 0 Å². The topological polar surface area (TPSA) is 35.8 Å². The molecule has 4 heteroatoms. The Labute approximate surface area is 122 Å². The zero-order valence-corrected chi connectivity index (χ0v) is 11.7. The van der Waals surface area contributed by atoms with Crippen molar-refractivity contribution in [1.29, 1.82) is 5.26 Å². The smallest absolute Gasteiger partial charge is 0.0992 e. The molecule has 2 aromatic carbocycles. The molecule has 2 nitrogen and oxygen atoms in total. The predicted molar refractivity (Wildman–Crippen MR) is 78.2 cm³/mol. The lowest BCUT2D eigenvalue weighted by molar-refractivity contribution is 0.693. The Balaban J connectivity index is 1.92. The van der Waals surface area contributed by atoms with Crippen molar-refractivity contribution in [2.75, 3.05) is 0 Å². The van der Waals surface area contributed by atoms with E-state index >= 15 is 0 Å². The summed E-state index contributed by atoms with van der Waals surface area (Å²) in [5, 5.41) is 13.4. The van der Waals surface area contributed by atoms with Gasteiger partial charge in [0.25, 0.3) is 0 Å². The molecule has 19 heavy (non-hydrogen) atoms. The summed E-state index contributed by atoms with van der Waals surface area (Å²) in [6, 6.07) is 15.1. The molecule has 0 fully saturated rings. The van der Waals surface area contributed by atoms with Gasteiger partial charge in [0.15, 0.2) is 0 Å². The standard InChI is InChI=1S/C15H12Cl2N2/c16-14-5-2-11(3-6-14)9-19-10-13-4-1-12(8-18)7-15(13)17/h1-7,19H,9-10H2. The normalized spacial score (nSPS) is 10.2. The first-order valence-corrected chi connectivity index (χ1v) is 6.58. The lowest BCUT2D eigenvalue weighted by atomic mass is 10.1. The maximum atomic E-state index is 8.77. The van der Waals surface area contributed by atoms with Crippen LogP contribution in [-0.4, -0.2) is 0 Å². The fourth-order valence-electron chi connectivity index (χ4n) is 1.70. The summed E-state index contributed by atoms with van der Waals surface area (Å²) >= 11 is 11.9. The van der Waals surface area contributed by atoms with Gasteiger partial charge in [0, 0.05) is 23.1 Å². The summed E-state index contributed by atoms with van der Waals surface area (Å²) in [5.41, 5.74) is 2.72. The summed E-state index contributed by atoms with van der Waals surface area (Å²) in [4.78, 5) is 0. The van der Waals surface area contributed by atoms with Crippen LogP contribution in [0.4, 0.5) is 0 Å². The van der Waals surface area contributed by atoms with Crippen molar-refractivity contribution < 1.29 is 0 Å². The third kappa shape index (κ3) is 3.97. The third-order valence-corrected chi connectivity index (χ3v) is 3.34. The van der Waals surface area contributed by atoms with Gasteiger partial charge in [0.1, 0.15) is 0 Å².